The van der Waals surface area contributed by atoms with Gasteiger partial charge in [0.15, 0.2) is 17.5 Å². The lowest BCUT2D eigenvalue weighted by molar-refractivity contribution is 1.07. The van der Waals surface area contributed by atoms with Crippen LogP contribution in [-0.4, -0.2) is 24.1 Å². The molecular formula is C51H37N5. The number of aromatic nitrogens is 5. The highest BCUT2D eigenvalue weighted by atomic mass is 15.0. The zero-order valence-electron chi connectivity index (χ0n) is 31.1. The number of hydrogen-bond acceptors (Lipinski definition) is 3. The van der Waals surface area contributed by atoms with E-state index in [2.05, 4.69) is 175 Å². The van der Waals surface area contributed by atoms with Crippen LogP contribution in [0.4, 0.5) is 0 Å². The Morgan fingerprint density at radius 1 is 0.393 bits per heavy atom. The molecule has 10 aromatic rings. The van der Waals surface area contributed by atoms with E-state index in [1.807, 2.05) is 36.4 Å². The first-order valence-corrected chi connectivity index (χ1v) is 19.0. The molecule has 0 atom stereocenters. The first-order valence-electron chi connectivity index (χ1n) is 19.0. The number of hydrogen-bond donors (Lipinski definition) is 0. The van der Waals surface area contributed by atoms with Crippen LogP contribution in [0.5, 0.6) is 0 Å². The zero-order valence-corrected chi connectivity index (χ0v) is 31.1. The van der Waals surface area contributed by atoms with Crippen LogP contribution in [0.1, 0.15) is 13.8 Å². The third-order valence-corrected chi connectivity index (χ3v) is 10.7. The van der Waals surface area contributed by atoms with E-state index in [0.717, 1.165) is 61.0 Å². The third-order valence-electron chi connectivity index (χ3n) is 10.7. The van der Waals surface area contributed by atoms with E-state index in [-0.39, 0.29) is 0 Å². The first-order chi connectivity index (χ1) is 27.7. The van der Waals surface area contributed by atoms with Gasteiger partial charge >= 0.3 is 0 Å². The van der Waals surface area contributed by atoms with E-state index in [9.17, 15) is 0 Å². The topological polar surface area (TPSA) is 48.5 Å². The molecule has 0 aliphatic carbocycles. The number of nitrogens with zero attached hydrogens (tertiary/aromatic N) is 5. The summed E-state index contributed by atoms with van der Waals surface area (Å²) in [6, 6.07) is 61.7. The fourth-order valence-corrected chi connectivity index (χ4v) is 8.18. The van der Waals surface area contributed by atoms with Crippen LogP contribution < -0.4 is 10.6 Å². The van der Waals surface area contributed by atoms with E-state index in [4.69, 9.17) is 15.0 Å². The molecule has 266 valence electrons. The summed E-state index contributed by atoms with van der Waals surface area (Å²) in [6.07, 6.45) is 4.44. The van der Waals surface area contributed by atoms with Gasteiger partial charge in [-0.2, -0.15) is 0 Å². The van der Waals surface area contributed by atoms with E-state index in [1.54, 1.807) is 0 Å². The van der Waals surface area contributed by atoms with Crippen LogP contribution >= 0.6 is 0 Å². The molecule has 3 heterocycles. The largest absolute Gasteiger partial charge is 0.310 e. The number of rotatable bonds is 6. The fraction of sp³-hybridized carbons (Fsp3) is 0.0392. The van der Waals surface area contributed by atoms with E-state index in [1.165, 1.54) is 21.5 Å². The van der Waals surface area contributed by atoms with Crippen molar-refractivity contribution in [2.75, 3.05) is 0 Å². The van der Waals surface area contributed by atoms with Gasteiger partial charge in [-0.1, -0.05) is 133 Å². The average molecular weight is 720 g/mol. The van der Waals surface area contributed by atoms with Crippen molar-refractivity contribution in [3.8, 4) is 56.7 Å². The summed E-state index contributed by atoms with van der Waals surface area (Å²) in [7, 11) is 0. The van der Waals surface area contributed by atoms with Crippen molar-refractivity contribution >= 4 is 44.9 Å². The molecule has 0 spiro atoms. The highest BCUT2D eigenvalue weighted by molar-refractivity contribution is 6.16. The van der Waals surface area contributed by atoms with Gasteiger partial charge < -0.3 is 9.13 Å². The highest BCUT2D eigenvalue weighted by Crippen LogP contribution is 2.40. The second kappa shape index (κ2) is 13.8. The molecule has 0 aliphatic heterocycles. The smallest absolute Gasteiger partial charge is 0.164 e. The maximum atomic E-state index is 5.18. The summed E-state index contributed by atoms with van der Waals surface area (Å²) in [5.74, 6) is 1.92. The molecule has 56 heavy (non-hydrogen) atoms. The van der Waals surface area contributed by atoms with Gasteiger partial charge in [0.1, 0.15) is 0 Å². The van der Waals surface area contributed by atoms with Gasteiger partial charge in [0.25, 0.3) is 0 Å². The summed E-state index contributed by atoms with van der Waals surface area (Å²) in [5.41, 5.74) is 10.8. The third kappa shape index (κ3) is 5.52. The Bertz CT molecular complexity index is 3120. The molecule has 0 bridgehead atoms. The van der Waals surface area contributed by atoms with Crippen molar-refractivity contribution < 1.29 is 0 Å². The molecule has 7 aromatic carbocycles. The van der Waals surface area contributed by atoms with E-state index in [0.29, 0.717) is 17.5 Å². The molecule has 5 heteroatoms. The van der Waals surface area contributed by atoms with Gasteiger partial charge in [0.05, 0.1) is 16.6 Å². The van der Waals surface area contributed by atoms with Crippen LogP contribution in [0.2, 0.25) is 0 Å². The molecule has 0 N–H and O–H groups in total. The van der Waals surface area contributed by atoms with Crippen molar-refractivity contribution in [3.63, 3.8) is 0 Å². The van der Waals surface area contributed by atoms with Crippen molar-refractivity contribution in [1.82, 2.24) is 24.1 Å². The zero-order chi connectivity index (χ0) is 37.6. The second-order valence-corrected chi connectivity index (χ2v) is 13.9. The minimum absolute atomic E-state index is 0.635. The summed E-state index contributed by atoms with van der Waals surface area (Å²) < 4.78 is 4.71. The molecule has 0 radical (unpaired) electrons. The molecule has 0 unspecified atom stereocenters. The minimum atomic E-state index is 0.635. The standard InChI is InChI=1S/C51H37N5/c1-3-40-42-32-36(28-30-45(42)55(44(40)4-2)38-22-13-7-14-23-38)37-29-31-46-43(33-37)48-41(26-17-27-47(48)56(46)39-24-15-8-16-25-39)51-53-49(34-18-9-5-10-19-34)52-50(54-51)35-20-11-6-12-21-35/h3-33H,1-2H3/b40-3-,44-4+. The fourth-order valence-electron chi connectivity index (χ4n) is 8.18. The van der Waals surface area contributed by atoms with Crippen molar-refractivity contribution in [2.24, 2.45) is 0 Å². The van der Waals surface area contributed by atoms with Gasteiger partial charge in [-0.25, -0.2) is 15.0 Å². The normalized spacial score (nSPS) is 12.3. The minimum Gasteiger partial charge on any atom is -0.310 e. The average Bonchev–Trinajstić information content (AvgIpc) is 3.79. The lowest BCUT2D eigenvalue weighted by atomic mass is 9.99. The summed E-state index contributed by atoms with van der Waals surface area (Å²) >= 11 is 0. The Balaban J connectivity index is 1.24. The number of para-hydroxylation sites is 2. The van der Waals surface area contributed by atoms with Gasteiger partial charge in [0, 0.05) is 54.8 Å². The van der Waals surface area contributed by atoms with Crippen LogP contribution in [0.15, 0.2) is 176 Å². The SMILES string of the molecule is C/C=c1\c(=C/C)n(-c2ccccc2)c2ccc(-c3ccc4c(c3)c3c(-c5nc(-c6ccccc6)nc(-c6ccccc6)n5)cccc3n4-c3ccccc3)cc12. The Morgan fingerprint density at radius 2 is 0.893 bits per heavy atom. The van der Waals surface area contributed by atoms with Crippen LogP contribution in [-0.2, 0) is 0 Å². The Labute approximate surface area is 324 Å². The van der Waals surface area contributed by atoms with E-state index >= 15 is 0 Å². The molecule has 3 aromatic heterocycles. The van der Waals surface area contributed by atoms with Gasteiger partial charge in [-0.3, -0.25) is 0 Å². The predicted octanol–water partition coefficient (Wildman–Crippen LogP) is 11.2. The van der Waals surface area contributed by atoms with Crippen molar-refractivity contribution in [3.05, 3.63) is 186 Å². The summed E-state index contributed by atoms with van der Waals surface area (Å²) in [6.45, 7) is 4.25. The Hall–Kier alpha value is -7.37. The Kier molecular flexibility index (Phi) is 8.19. The van der Waals surface area contributed by atoms with Gasteiger partial charge in [-0.05, 0) is 79.6 Å². The predicted molar refractivity (Wildman–Crippen MR) is 232 cm³/mol. The maximum Gasteiger partial charge on any atom is 0.164 e. The Morgan fingerprint density at radius 3 is 1.45 bits per heavy atom. The van der Waals surface area contributed by atoms with Crippen LogP contribution in [0, 0.1) is 0 Å². The summed E-state index contributed by atoms with van der Waals surface area (Å²) in [4.78, 5) is 15.3. The lowest BCUT2D eigenvalue weighted by Gasteiger charge is -2.10. The van der Waals surface area contributed by atoms with Crippen molar-refractivity contribution in [1.29, 1.82) is 0 Å². The molecule has 0 fully saturated rings. The second-order valence-electron chi connectivity index (χ2n) is 13.9. The maximum absolute atomic E-state index is 5.18. The molecule has 5 nitrogen and oxygen atoms in total. The molecule has 0 aliphatic rings. The monoisotopic (exact) mass is 719 g/mol. The van der Waals surface area contributed by atoms with Crippen molar-refractivity contribution in [2.45, 2.75) is 13.8 Å². The molecule has 0 saturated heterocycles. The molecule has 10 rings (SSSR count). The van der Waals surface area contributed by atoms with Crippen LogP contribution in [0.25, 0.3) is 102 Å². The summed E-state index contributed by atoms with van der Waals surface area (Å²) in [5, 5.41) is 5.88. The van der Waals surface area contributed by atoms with E-state index < -0.39 is 0 Å². The molecular weight excluding hydrogens is 683 g/mol. The molecule has 0 amide bonds. The van der Waals surface area contributed by atoms with Crippen LogP contribution in [0.3, 0.4) is 0 Å². The first kappa shape index (κ1) is 33.2. The van der Waals surface area contributed by atoms with Gasteiger partial charge in [0.2, 0.25) is 0 Å². The quantitative estimate of drug-likeness (QED) is 0.172. The molecule has 0 saturated carbocycles. The number of benzene rings is 7. The number of fused-ring (bicyclic) bond motifs is 4. The van der Waals surface area contributed by atoms with Gasteiger partial charge in [-0.15, -0.1) is 0 Å². The lowest BCUT2D eigenvalue weighted by Crippen LogP contribution is -2.27. The highest BCUT2D eigenvalue weighted by Gasteiger charge is 2.21.